The van der Waals surface area contributed by atoms with Crippen LogP contribution >= 0.6 is 0 Å². The summed E-state index contributed by atoms with van der Waals surface area (Å²) >= 11 is 0. The van der Waals surface area contributed by atoms with E-state index in [1.807, 2.05) is 0 Å². The van der Waals surface area contributed by atoms with Crippen molar-refractivity contribution >= 4 is 8.80 Å². The number of nitrogens with zero attached hydrogens (tertiary/aromatic N) is 1. The Bertz CT molecular complexity index is 291. The fourth-order valence-corrected chi connectivity index (χ4v) is 7.14. The number of hydrogen-bond donors (Lipinski definition) is 0. The van der Waals surface area contributed by atoms with E-state index in [0.29, 0.717) is 19.8 Å². The van der Waals surface area contributed by atoms with Crippen LogP contribution in [0.5, 0.6) is 0 Å². The van der Waals surface area contributed by atoms with E-state index in [4.69, 9.17) is 13.3 Å². The highest BCUT2D eigenvalue weighted by Gasteiger charge is 2.49. The molecule has 0 atom stereocenters. The van der Waals surface area contributed by atoms with Crippen molar-refractivity contribution in [2.75, 3.05) is 45.6 Å². The third-order valence-electron chi connectivity index (χ3n) is 5.33. The molecular weight excluding hydrogens is 390 g/mol. The summed E-state index contributed by atoms with van der Waals surface area (Å²) in [6.45, 7) is 18.8. The molecule has 0 aromatic rings. The van der Waals surface area contributed by atoms with Gasteiger partial charge < -0.3 is 30.2 Å². The van der Waals surface area contributed by atoms with E-state index in [9.17, 15) is 0 Å². The minimum atomic E-state index is -2.64. The molecule has 0 aliphatic heterocycles. The first-order valence-electron chi connectivity index (χ1n) is 11.8. The minimum absolute atomic E-state index is 0. The van der Waals surface area contributed by atoms with Crippen LogP contribution in [0.15, 0.2) is 0 Å². The van der Waals surface area contributed by atoms with Gasteiger partial charge in [-0.05, 0) is 59.3 Å². The van der Waals surface area contributed by atoms with Gasteiger partial charge >= 0.3 is 8.80 Å². The predicted molar refractivity (Wildman–Crippen MR) is 119 cm³/mol. The molecular formula is C22H50ClNO3Si. The van der Waals surface area contributed by atoms with Gasteiger partial charge in [0.1, 0.15) is 6.17 Å². The van der Waals surface area contributed by atoms with Crippen molar-refractivity contribution in [3.05, 3.63) is 0 Å². The largest absolute Gasteiger partial charge is 1.00 e. The molecule has 0 spiro atoms. The molecule has 0 unspecified atom stereocenters. The van der Waals surface area contributed by atoms with Crippen molar-refractivity contribution in [1.29, 1.82) is 0 Å². The average Bonchev–Trinajstić information content (AvgIpc) is 2.63. The van der Waals surface area contributed by atoms with E-state index in [1.165, 1.54) is 77.4 Å². The van der Waals surface area contributed by atoms with Gasteiger partial charge in [-0.25, -0.2) is 0 Å². The van der Waals surface area contributed by atoms with Crippen molar-refractivity contribution < 1.29 is 30.2 Å². The second-order valence-electron chi connectivity index (χ2n) is 7.77. The van der Waals surface area contributed by atoms with Crippen LogP contribution in [-0.2, 0) is 13.3 Å². The maximum Gasteiger partial charge on any atom is 0.559 e. The summed E-state index contributed by atoms with van der Waals surface area (Å²) < 4.78 is 19.9. The summed E-state index contributed by atoms with van der Waals surface area (Å²) in [4.78, 5) is 0. The van der Waals surface area contributed by atoms with Crippen LogP contribution in [0.3, 0.4) is 0 Å². The van der Waals surface area contributed by atoms with Crippen LogP contribution < -0.4 is 12.4 Å². The smallest absolute Gasteiger partial charge is 0.559 e. The van der Waals surface area contributed by atoms with Crippen molar-refractivity contribution in [3.63, 3.8) is 0 Å². The van der Waals surface area contributed by atoms with Crippen LogP contribution in [0.2, 0.25) is 0 Å². The summed E-state index contributed by atoms with van der Waals surface area (Å²) in [5.41, 5.74) is 0. The van der Waals surface area contributed by atoms with Crippen LogP contribution in [0.25, 0.3) is 0 Å². The molecule has 28 heavy (non-hydrogen) atoms. The van der Waals surface area contributed by atoms with Crippen LogP contribution in [-0.4, -0.2) is 58.9 Å². The number of hydrogen-bond acceptors (Lipinski definition) is 3. The van der Waals surface area contributed by atoms with Gasteiger partial charge in [0, 0.05) is 19.8 Å². The van der Waals surface area contributed by atoms with E-state index in [0.717, 1.165) is 10.7 Å². The SMILES string of the molecule is CCCCC[N+](CCCCC)(CCCCC)C[Si](OCC)(OCC)OCC.[Cl-]. The summed E-state index contributed by atoms with van der Waals surface area (Å²) in [6, 6.07) is 0. The van der Waals surface area contributed by atoms with E-state index < -0.39 is 8.80 Å². The summed E-state index contributed by atoms with van der Waals surface area (Å²) in [5, 5.41) is 0. The molecule has 0 amide bonds. The number of quaternary nitrogens is 1. The lowest BCUT2D eigenvalue weighted by Crippen LogP contribution is -3.00. The molecule has 0 heterocycles. The van der Waals surface area contributed by atoms with Crippen LogP contribution in [0.1, 0.15) is 99.3 Å². The molecule has 0 aliphatic carbocycles. The molecule has 0 fully saturated rings. The lowest BCUT2D eigenvalue weighted by atomic mass is 10.1. The first-order chi connectivity index (χ1) is 13.1. The molecule has 0 saturated carbocycles. The molecule has 0 aromatic carbocycles. The Kier molecular flexibility index (Phi) is 21.1. The molecule has 0 aliphatic rings. The zero-order valence-corrected chi connectivity index (χ0v) is 21.6. The third kappa shape index (κ3) is 12.8. The second-order valence-corrected chi connectivity index (χ2v) is 10.3. The van der Waals surface area contributed by atoms with Crippen LogP contribution in [0.4, 0.5) is 0 Å². The first kappa shape index (κ1) is 30.5. The Hall–Kier alpha value is 0.347. The molecule has 0 bridgehead atoms. The summed E-state index contributed by atoms with van der Waals surface area (Å²) in [7, 11) is -2.64. The minimum Gasteiger partial charge on any atom is -1.00 e. The van der Waals surface area contributed by atoms with Gasteiger partial charge in [0.05, 0.1) is 19.6 Å². The molecule has 172 valence electrons. The highest BCUT2D eigenvalue weighted by Crippen LogP contribution is 2.23. The van der Waals surface area contributed by atoms with E-state index in [-0.39, 0.29) is 12.4 Å². The fraction of sp³-hybridized carbons (Fsp3) is 1.00. The first-order valence-corrected chi connectivity index (χ1v) is 13.8. The number of unbranched alkanes of at least 4 members (excludes halogenated alkanes) is 6. The zero-order valence-electron chi connectivity index (χ0n) is 19.9. The average molecular weight is 440 g/mol. The molecule has 6 heteroatoms. The van der Waals surface area contributed by atoms with Gasteiger partial charge in [0.2, 0.25) is 0 Å². The predicted octanol–water partition coefficient (Wildman–Crippen LogP) is 2.97. The van der Waals surface area contributed by atoms with Crippen molar-refractivity contribution in [1.82, 2.24) is 0 Å². The maximum absolute atomic E-state index is 6.26. The number of halogens is 1. The van der Waals surface area contributed by atoms with E-state index in [2.05, 4.69) is 41.5 Å². The highest BCUT2D eigenvalue weighted by atomic mass is 35.5. The third-order valence-corrected chi connectivity index (χ3v) is 8.57. The van der Waals surface area contributed by atoms with Crippen molar-refractivity contribution in [2.24, 2.45) is 0 Å². The van der Waals surface area contributed by atoms with Gasteiger partial charge in [-0.15, -0.1) is 0 Å². The Balaban J connectivity index is 0. The molecule has 0 radical (unpaired) electrons. The maximum atomic E-state index is 6.26. The molecule has 0 saturated heterocycles. The van der Waals surface area contributed by atoms with Crippen molar-refractivity contribution in [2.45, 2.75) is 99.3 Å². The van der Waals surface area contributed by atoms with Crippen molar-refractivity contribution in [3.8, 4) is 0 Å². The molecule has 0 aromatic heterocycles. The second kappa shape index (κ2) is 19.3. The summed E-state index contributed by atoms with van der Waals surface area (Å²) in [6.07, 6.45) is 12.6. The quantitative estimate of drug-likeness (QED) is 0.166. The Morgan fingerprint density at radius 3 is 1.11 bits per heavy atom. The lowest BCUT2D eigenvalue weighted by Gasteiger charge is -2.43. The van der Waals surface area contributed by atoms with Crippen LogP contribution in [0, 0.1) is 0 Å². The highest BCUT2D eigenvalue weighted by molar-refractivity contribution is 6.60. The van der Waals surface area contributed by atoms with Gasteiger partial charge in [-0.1, -0.05) is 40.0 Å². The zero-order chi connectivity index (χ0) is 20.4. The topological polar surface area (TPSA) is 27.7 Å². The standard InChI is InChI=1S/C22H50NO3Si.ClH/c1-7-13-16-19-23(20-17-14-8-2,21-18-15-9-3)22-27(24-10-4,25-11-5)26-12-6;/h7-22H2,1-6H3;1H/q+1;/p-1. The molecule has 4 nitrogen and oxygen atoms in total. The van der Waals surface area contributed by atoms with E-state index >= 15 is 0 Å². The molecule has 0 rings (SSSR count). The Labute approximate surface area is 184 Å². The van der Waals surface area contributed by atoms with Gasteiger partial charge in [-0.2, -0.15) is 0 Å². The lowest BCUT2D eigenvalue weighted by molar-refractivity contribution is -0.921. The van der Waals surface area contributed by atoms with Gasteiger partial charge in [-0.3, -0.25) is 0 Å². The normalized spacial score (nSPS) is 12.2. The number of rotatable bonds is 20. The molecule has 0 N–H and O–H groups in total. The fourth-order valence-electron chi connectivity index (χ4n) is 4.00. The monoisotopic (exact) mass is 439 g/mol. The Morgan fingerprint density at radius 2 is 0.857 bits per heavy atom. The Morgan fingerprint density at radius 1 is 0.536 bits per heavy atom. The summed E-state index contributed by atoms with van der Waals surface area (Å²) in [5.74, 6) is 0. The van der Waals surface area contributed by atoms with Gasteiger partial charge in [0.25, 0.3) is 0 Å². The van der Waals surface area contributed by atoms with Gasteiger partial charge in [0.15, 0.2) is 0 Å². The van der Waals surface area contributed by atoms with E-state index in [1.54, 1.807) is 0 Å².